The zero-order chi connectivity index (χ0) is 15.6. The van der Waals surface area contributed by atoms with Crippen molar-refractivity contribution < 1.29 is 18.7 Å². The van der Waals surface area contributed by atoms with Crippen LogP contribution in [-0.2, 0) is 9.53 Å². The van der Waals surface area contributed by atoms with Gasteiger partial charge >= 0.3 is 5.97 Å². The van der Waals surface area contributed by atoms with Crippen LogP contribution in [0.1, 0.15) is 55.0 Å². The van der Waals surface area contributed by atoms with Crippen molar-refractivity contribution in [2.24, 2.45) is 0 Å². The predicted octanol–water partition coefficient (Wildman–Crippen LogP) is 2.84. The number of ether oxygens (including phenoxy) is 1. The molecule has 5 heteroatoms. The number of esters is 1. The molecule has 0 bridgehead atoms. The van der Waals surface area contributed by atoms with Gasteiger partial charge in [0.15, 0.2) is 6.61 Å². The SMILES string of the molecule is Cc1cc(C(=O)OCC(=O)N2[C@H](C)CCC[C@H]2C)c(C)o1. The monoisotopic (exact) mass is 293 g/mol. The summed E-state index contributed by atoms with van der Waals surface area (Å²) in [6.07, 6.45) is 3.15. The van der Waals surface area contributed by atoms with E-state index in [0.29, 0.717) is 17.1 Å². The maximum atomic E-state index is 12.3. The fourth-order valence-corrected chi connectivity index (χ4v) is 3.03. The average molecular weight is 293 g/mol. The summed E-state index contributed by atoms with van der Waals surface area (Å²) in [5.74, 6) is 0.546. The minimum absolute atomic E-state index is 0.124. The molecule has 1 fully saturated rings. The Kier molecular flexibility index (Phi) is 4.70. The van der Waals surface area contributed by atoms with E-state index in [9.17, 15) is 9.59 Å². The van der Waals surface area contributed by atoms with Gasteiger partial charge in [0, 0.05) is 12.1 Å². The van der Waals surface area contributed by atoms with Gasteiger partial charge in [0.05, 0.1) is 0 Å². The van der Waals surface area contributed by atoms with E-state index in [0.717, 1.165) is 19.3 Å². The lowest BCUT2D eigenvalue weighted by Gasteiger charge is -2.38. The van der Waals surface area contributed by atoms with Crippen LogP contribution >= 0.6 is 0 Å². The van der Waals surface area contributed by atoms with Crippen molar-refractivity contribution in [3.8, 4) is 0 Å². The Morgan fingerprint density at radius 2 is 1.90 bits per heavy atom. The van der Waals surface area contributed by atoms with Gasteiger partial charge < -0.3 is 14.1 Å². The minimum atomic E-state index is -0.505. The standard InChI is InChI=1S/C16H23NO4/c1-10-6-5-7-11(2)17(10)15(18)9-20-16(19)14-8-12(3)21-13(14)4/h8,10-11H,5-7,9H2,1-4H3/t10-,11-/m1/s1. The van der Waals surface area contributed by atoms with Gasteiger partial charge in [-0.05, 0) is 53.0 Å². The fourth-order valence-electron chi connectivity index (χ4n) is 3.03. The summed E-state index contributed by atoms with van der Waals surface area (Å²) < 4.78 is 10.4. The van der Waals surface area contributed by atoms with E-state index in [4.69, 9.17) is 9.15 Å². The number of hydrogen-bond acceptors (Lipinski definition) is 4. The van der Waals surface area contributed by atoms with E-state index in [1.165, 1.54) is 0 Å². The fraction of sp³-hybridized carbons (Fsp3) is 0.625. The van der Waals surface area contributed by atoms with Gasteiger partial charge in [0.2, 0.25) is 0 Å². The Labute approximate surface area is 125 Å². The molecule has 21 heavy (non-hydrogen) atoms. The smallest absolute Gasteiger partial charge is 0.342 e. The first-order valence-electron chi connectivity index (χ1n) is 7.45. The lowest BCUT2D eigenvalue weighted by atomic mass is 9.97. The van der Waals surface area contributed by atoms with Crippen LogP contribution in [0.25, 0.3) is 0 Å². The van der Waals surface area contributed by atoms with Crippen LogP contribution in [0, 0.1) is 13.8 Å². The molecule has 116 valence electrons. The highest BCUT2D eigenvalue weighted by molar-refractivity contribution is 5.92. The average Bonchev–Trinajstić information content (AvgIpc) is 2.75. The second-order valence-electron chi connectivity index (χ2n) is 5.83. The molecule has 0 aromatic carbocycles. The van der Waals surface area contributed by atoms with Gasteiger partial charge in [-0.2, -0.15) is 0 Å². The molecule has 1 aliphatic heterocycles. The molecule has 2 atom stereocenters. The van der Waals surface area contributed by atoms with E-state index in [1.54, 1.807) is 19.9 Å². The molecule has 1 aromatic heterocycles. The van der Waals surface area contributed by atoms with E-state index in [2.05, 4.69) is 0 Å². The second kappa shape index (κ2) is 6.33. The highest BCUT2D eigenvalue weighted by Gasteiger charge is 2.29. The quantitative estimate of drug-likeness (QED) is 0.804. The van der Waals surface area contributed by atoms with Gasteiger partial charge in [-0.1, -0.05) is 0 Å². The van der Waals surface area contributed by atoms with Crippen molar-refractivity contribution in [2.75, 3.05) is 6.61 Å². The summed E-state index contributed by atoms with van der Waals surface area (Å²) in [6, 6.07) is 2.05. The number of furan rings is 1. The largest absolute Gasteiger partial charge is 0.466 e. The number of likely N-dealkylation sites (tertiary alicyclic amines) is 1. The molecule has 2 rings (SSSR count). The van der Waals surface area contributed by atoms with E-state index in [1.807, 2.05) is 18.7 Å². The lowest BCUT2D eigenvalue weighted by Crippen LogP contribution is -2.49. The highest BCUT2D eigenvalue weighted by Crippen LogP contribution is 2.22. The maximum absolute atomic E-state index is 12.3. The van der Waals surface area contributed by atoms with Crippen LogP contribution in [0.5, 0.6) is 0 Å². The molecule has 0 radical (unpaired) electrons. The van der Waals surface area contributed by atoms with Crippen LogP contribution < -0.4 is 0 Å². The van der Waals surface area contributed by atoms with Crippen LogP contribution in [0.2, 0.25) is 0 Å². The number of carbonyl (C=O) groups is 2. The Morgan fingerprint density at radius 3 is 2.43 bits per heavy atom. The van der Waals surface area contributed by atoms with Crippen molar-refractivity contribution in [3.63, 3.8) is 0 Å². The third kappa shape index (κ3) is 3.46. The molecule has 5 nitrogen and oxygen atoms in total. The van der Waals surface area contributed by atoms with Gasteiger partial charge in [0.1, 0.15) is 17.1 Å². The normalized spacial score (nSPS) is 22.2. The Bertz CT molecular complexity index is 524. The van der Waals surface area contributed by atoms with Gasteiger partial charge in [0.25, 0.3) is 5.91 Å². The molecular weight excluding hydrogens is 270 g/mol. The zero-order valence-electron chi connectivity index (χ0n) is 13.1. The first-order chi connectivity index (χ1) is 9.90. The van der Waals surface area contributed by atoms with Crippen molar-refractivity contribution >= 4 is 11.9 Å². The van der Waals surface area contributed by atoms with Gasteiger partial charge in [-0.15, -0.1) is 0 Å². The number of piperidine rings is 1. The van der Waals surface area contributed by atoms with Gasteiger partial charge in [-0.25, -0.2) is 4.79 Å². The topological polar surface area (TPSA) is 59.8 Å². The van der Waals surface area contributed by atoms with Crippen LogP contribution in [-0.4, -0.2) is 35.5 Å². The van der Waals surface area contributed by atoms with Crippen molar-refractivity contribution in [1.29, 1.82) is 0 Å². The zero-order valence-corrected chi connectivity index (χ0v) is 13.1. The first-order valence-corrected chi connectivity index (χ1v) is 7.45. The van der Waals surface area contributed by atoms with Crippen molar-refractivity contribution in [1.82, 2.24) is 4.90 Å². The molecule has 0 aliphatic carbocycles. The number of carbonyl (C=O) groups excluding carboxylic acids is 2. The van der Waals surface area contributed by atoms with Crippen molar-refractivity contribution in [3.05, 3.63) is 23.2 Å². The molecule has 0 N–H and O–H groups in total. The highest BCUT2D eigenvalue weighted by atomic mass is 16.5. The molecule has 1 aliphatic rings. The van der Waals surface area contributed by atoms with Crippen molar-refractivity contribution in [2.45, 2.75) is 59.0 Å². The number of aryl methyl sites for hydroxylation is 2. The molecule has 1 amide bonds. The minimum Gasteiger partial charge on any atom is -0.466 e. The Morgan fingerprint density at radius 1 is 1.29 bits per heavy atom. The summed E-state index contributed by atoms with van der Waals surface area (Å²) in [5, 5.41) is 0. The molecule has 0 unspecified atom stereocenters. The molecule has 0 spiro atoms. The maximum Gasteiger partial charge on any atom is 0.342 e. The molecular formula is C16H23NO4. The van der Waals surface area contributed by atoms with Crippen LogP contribution in [0.4, 0.5) is 0 Å². The summed E-state index contributed by atoms with van der Waals surface area (Å²) in [7, 11) is 0. The summed E-state index contributed by atoms with van der Waals surface area (Å²) in [4.78, 5) is 26.1. The molecule has 1 aromatic rings. The number of hydrogen-bond donors (Lipinski definition) is 0. The van der Waals surface area contributed by atoms with Crippen LogP contribution in [0.3, 0.4) is 0 Å². The number of rotatable bonds is 3. The van der Waals surface area contributed by atoms with E-state index in [-0.39, 0.29) is 24.6 Å². The van der Waals surface area contributed by atoms with E-state index < -0.39 is 5.97 Å². The predicted molar refractivity (Wildman–Crippen MR) is 78.1 cm³/mol. The summed E-state index contributed by atoms with van der Waals surface area (Å²) in [6.45, 7) is 7.35. The van der Waals surface area contributed by atoms with E-state index >= 15 is 0 Å². The number of nitrogens with zero attached hydrogens (tertiary/aromatic N) is 1. The van der Waals surface area contributed by atoms with Gasteiger partial charge in [-0.3, -0.25) is 4.79 Å². The molecule has 1 saturated heterocycles. The summed E-state index contributed by atoms with van der Waals surface area (Å²) in [5.41, 5.74) is 0.389. The molecule has 2 heterocycles. The lowest BCUT2D eigenvalue weighted by molar-refractivity contribution is -0.140. The second-order valence-corrected chi connectivity index (χ2v) is 5.83. The first kappa shape index (κ1) is 15.6. The Hall–Kier alpha value is -1.78. The number of amides is 1. The van der Waals surface area contributed by atoms with Crippen LogP contribution in [0.15, 0.2) is 10.5 Å². The molecule has 0 saturated carbocycles. The summed E-state index contributed by atoms with van der Waals surface area (Å²) >= 11 is 0. The Balaban J connectivity index is 1.94. The third-order valence-electron chi connectivity index (χ3n) is 4.07. The third-order valence-corrected chi connectivity index (χ3v) is 4.07.